The lowest BCUT2D eigenvalue weighted by Crippen LogP contribution is -2.46. The largest absolute Gasteiger partial charge is 0.490 e. The monoisotopic (exact) mass is 801 g/mol. The number of aryl methyl sites for hydroxylation is 1. The first-order chi connectivity index (χ1) is 24.3. The molecule has 11 N–H and O–H groups in total. The number of ether oxygens (including phenoxy) is 3. The molecular formula is C22H32N10O17P3+. The zero-order chi connectivity index (χ0) is 37.9. The molecule has 30 heteroatoms. The number of phosphoric acid groups is 3. The molecule has 286 valence electrons. The molecule has 0 spiro atoms. The van der Waals surface area contributed by atoms with Gasteiger partial charge < -0.3 is 55.7 Å². The number of rotatable bonds is 13. The van der Waals surface area contributed by atoms with E-state index in [4.69, 9.17) is 30.2 Å². The lowest BCUT2D eigenvalue weighted by molar-refractivity contribution is -0.745. The van der Waals surface area contributed by atoms with Crippen LogP contribution in [-0.4, -0.2) is 121 Å². The number of hydrogen-bond donors (Lipinski definition) is 9. The molecule has 11 atom stereocenters. The summed E-state index contributed by atoms with van der Waals surface area (Å²) < 4.78 is 75.6. The summed E-state index contributed by atoms with van der Waals surface area (Å²) in [5.74, 6) is -0.222. The second-order valence-corrected chi connectivity index (χ2v) is 15.9. The molecule has 27 nitrogen and oxygen atoms in total. The molecule has 2 saturated heterocycles. The maximum atomic E-state index is 12.6. The average molecular weight is 801 g/mol. The fraction of sp³-hybridized carbons (Fsp3) is 0.545. The Bertz CT molecular complexity index is 2180. The summed E-state index contributed by atoms with van der Waals surface area (Å²) in [6.45, 7) is -1.95. The van der Waals surface area contributed by atoms with Crippen molar-refractivity contribution in [2.75, 3.05) is 31.8 Å². The number of nitrogens with zero attached hydrogens (tertiary/aromatic N) is 7. The van der Waals surface area contributed by atoms with Crippen LogP contribution in [0.25, 0.3) is 22.3 Å². The van der Waals surface area contributed by atoms with Crippen molar-refractivity contribution in [3.8, 4) is 0 Å². The standard InChI is InChI=1S/C22H31N10O17P3/c1-30-7-32(18-11(30)19(36)29-22(24)28-18)21-14(35)15(43-2)9(47-21)4-45-51(39,40)49-52(41,42)48-50(37,38)44-3-8-12(33)13(34)20(46-8)31-6-27-10-16(23)25-5-26-17(10)31/h5-9,12-15,20-21,33-35H,3-4H2,1-2H3,(H7-,23,24,25,26,28,29,36,37,38,39,40,41,42)/p+1/t8-,9-,12?,13+,14+,15?,20-,21-/m1/s1. The van der Waals surface area contributed by atoms with Gasteiger partial charge in [-0.2, -0.15) is 8.62 Å². The Morgan fingerprint density at radius 3 is 2.25 bits per heavy atom. The van der Waals surface area contributed by atoms with Gasteiger partial charge in [-0.25, -0.2) is 33.2 Å². The van der Waals surface area contributed by atoms with Gasteiger partial charge in [-0.15, -0.1) is 0 Å². The van der Waals surface area contributed by atoms with Crippen LogP contribution in [-0.2, 0) is 52.6 Å². The maximum absolute atomic E-state index is 12.6. The highest BCUT2D eigenvalue weighted by atomic mass is 31.3. The SMILES string of the molecule is COC1[C@@H](COP(=O)(O)OP(=O)(O)OP(=O)(O)OC[C@H]2O[C@@H](n3cnc4c(N)ncnc43)[C@@H](O)C2O)O[C@@H]([n+]2cn(C)c3c(=O)[nH]c(N)nc32)[C@H]1O. The molecule has 2 fully saturated rings. The van der Waals surface area contributed by atoms with Crippen molar-refractivity contribution in [2.45, 2.75) is 49.1 Å². The summed E-state index contributed by atoms with van der Waals surface area (Å²) in [5, 5.41) is 31.9. The third kappa shape index (κ3) is 7.53. The second-order valence-electron chi connectivity index (χ2n) is 11.3. The van der Waals surface area contributed by atoms with E-state index in [1.807, 2.05) is 0 Å². The van der Waals surface area contributed by atoms with Crippen molar-refractivity contribution in [3.63, 3.8) is 0 Å². The third-order valence-electron chi connectivity index (χ3n) is 7.86. The second kappa shape index (κ2) is 14.1. The summed E-state index contributed by atoms with van der Waals surface area (Å²) >= 11 is 0. The Hall–Kier alpha value is -3.33. The van der Waals surface area contributed by atoms with Crippen LogP contribution in [0.1, 0.15) is 12.5 Å². The number of fused-ring (bicyclic) bond motifs is 2. The fourth-order valence-corrected chi connectivity index (χ4v) is 9.16. The van der Waals surface area contributed by atoms with Crippen molar-refractivity contribution in [3.05, 3.63) is 29.3 Å². The van der Waals surface area contributed by atoms with Gasteiger partial charge in [0.25, 0.3) is 11.5 Å². The molecule has 0 radical (unpaired) electrons. The van der Waals surface area contributed by atoms with Crippen LogP contribution in [0.15, 0.2) is 23.8 Å². The van der Waals surface area contributed by atoms with Crippen LogP contribution in [0.2, 0.25) is 0 Å². The van der Waals surface area contributed by atoms with E-state index < -0.39 is 91.3 Å². The molecule has 4 aromatic heterocycles. The maximum Gasteiger partial charge on any atom is 0.490 e. The number of aromatic nitrogens is 8. The Morgan fingerprint density at radius 1 is 0.942 bits per heavy atom. The van der Waals surface area contributed by atoms with Crippen LogP contribution >= 0.6 is 23.5 Å². The number of H-pyrrole nitrogens is 1. The summed E-state index contributed by atoms with van der Waals surface area (Å²) in [6.07, 6.45) is -8.04. The highest BCUT2D eigenvalue weighted by Gasteiger charge is 2.51. The van der Waals surface area contributed by atoms with Crippen molar-refractivity contribution in [1.82, 2.24) is 34.1 Å². The molecule has 5 unspecified atom stereocenters. The number of imidazole rings is 2. The van der Waals surface area contributed by atoms with E-state index in [0.29, 0.717) is 0 Å². The first-order valence-corrected chi connectivity index (χ1v) is 19.1. The average Bonchev–Trinajstić information content (AvgIpc) is 3.77. The molecule has 4 aromatic rings. The van der Waals surface area contributed by atoms with E-state index in [1.165, 1.54) is 40.5 Å². The molecule has 0 bridgehead atoms. The molecule has 52 heavy (non-hydrogen) atoms. The first-order valence-electron chi connectivity index (χ1n) is 14.6. The number of nitrogens with two attached hydrogens (primary N) is 2. The molecule has 6 rings (SSSR count). The molecule has 6 heterocycles. The number of hydrogen-bond acceptors (Lipinski definition) is 20. The van der Waals surface area contributed by atoms with Crippen molar-refractivity contribution >= 4 is 57.6 Å². The van der Waals surface area contributed by atoms with Gasteiger partial charge in [-0.05, 0) is 0 Å². The van der Waals surface area contributed by atoms with E-state index in [0.717, 1.165) is 6.33 Å². The zero-order valence-electron chi connectivity index (χ0n) is 26.6. The van der Waals surface area contributed by atoms with Crippen molar-refractivity contribution in [2.24, 2.45) is 7.05 Å². The van der Waals surface area contributed by atoms with Gasteiger partial charge >= 0.3 is 29.1 Å². The van der Waals surface area contributed by atoms with E-state index in [1.54, 1.807) is 0 Å². The van der Waals surface area contributed by atoms with Gasteiger partial charge in [-0.1, -0.05) is 4.98 Å². The molecule has 0 aliphatic carbocycles. The lowest BCUT2D eigenvalue weighted by atomic mass is 10.1. The van der Waals surface area contributed by atoms with Crippen LogP contribution in [0.3, 0.4) is 0 Å². The van der Waals surface area contributed by atoms with Crippen LogP contribution < -0.4 is 21.6 Å². The fourth-order valence-electron chi connectivity index (χ4n) is 5.64. The minimum absolute atomic E-state index is 0.00639. The number of nitrogen functional groups attached to an aromatic ring is 2. The Kier molecular flexibility index (Phi) is 10.4. The molecular weight excluding hydrogens is 769 g/mol. The number of aliphatic hydroxyl groups is 3. The third-order valence-corrected chi connectivity index (χ3v) is 12.1. The highest BCUT2D eigenvalue weighted by Crippen LogP contribution is 2.67. The molecule has 0 aromatic carbocycles. The Labute approximate surface area is 289 Å². The van der Waals surface area contributed by atoms with Gasteiger partial charge in [0.1, 0.15) is 48.5 Å². The lowest BCUT2D eigenvalue weighted by Gasteiger charge is -2.21. The van der Waals surface area contributed by atoms with Gasteiger partial charge in [0.2, 0.25) is 11.7 Å². The Balaban J connectivity index is 1.05. The minimum atomic E-state index is -5.95. The van der Waals surface area contributed by atoms with Crippen LogP contribution in [0.4, 0.5) is 11.8 Å². The topological polar surface area (TPSA) is 387 Å². The van der Waals surface area contributed by atoms with Crippen molar-refractivity contribution < 1.29 is 80.1 Å². The van der Waals surface area contributed by atoms with E-state index >= 15 is 0 Å². The summed E-state index contributed by atoms with van der Waals surface area (Å²) in [4.78, 5) is 60.8. The van der Waals surface area contributed by atoms with Crippen LogP contribution in [0.5, 0.6) is 0 Å². The zero-order valence-corrected chi connectivity index (χ0v) is 29.2. The molecule has 2 aliphatic heterocycles. The van der Waals surface area contributed by atoms with Gasteiger partial charge in [0, 0.05) is 7.11 Å². The number of aliphatic hydroxyl groups excluding tert-OH is 3. The van der Waals surface area contributed by atoms with Crippen LogP contribution in [0, 0.1) is 0 Å². The first kappa shape index (κ1) is 38.4. The predicted octanol–water partition coefficient (Wildman–Crippen LogP) is -3.19. The summed E-state index contributed by atoms with van der Waals surface area (Å²) in [5.41, 5.74) is 11.2. The highest BCUT2D eigenvalue weighted by molar-refractivity contribution is 7.66. The Morgan fingerprint density at radius 2 is 1.60 bits per heavy atom. The minimum Gasteiger partial charge on any atom is -0.387 e. The number of nitrogens with one attached hydrogen (secondary N) is 1. The number of anilines is 2. The van der Waals surface area contributed by atoms with Gasteiger partial charge in [0.05, 0.1) is 26.6 Å². The smallest absolute Gasteiger partial charge is 0.387 e. The molecule has 0 saturated carbocycles. The quantitative estimate of drug-likeness (QED) is 0.0475. The van der Waals surface area contributed by atoms with E-state index in [-0.39, 0.29) is 34.1 Å². The summed E-state index contributed by atoms with van der Waals surface area (Å²) in [7, 11) is -14.5. The number of phosphoric ester groups is 2. The number of aromatic amines is 1. The summed E-state index contributed by atoms with van der Waals surface area (Å²) in [6, 6.07) is 0. The molecule has 0 amide bonds. The number of methoxy groups -OCH3 is 1. The normalized spacial score (nSPS) is 30.1. The van der Waals surface area contributed by atoms with Gasteiger partial charge in [-0.3, -0.25) is 28.0 Å². The molecule has 2 aliphatic rings. The van der Waals surface area contributed by atoms with Crippen molar-refractivity contribution in [1.29, 1.82) is 0 Å². The van der Waals surface area contributed by atoms with Gasteiger partial charge in [0.15, 0.2) is 24.0 Å². The van der Waals surface area contributed by atoms with E-state index in [9.17, 15) is 48.5 Å². The predicted molar refractivity (Wildman–Crippen MR) is 166 cm³/mol. The van der Waals surface area contributed by atoms with E-state index in [2.05, 4.69) is 38.1 Å².